The number of amides is 1. The molecule has 1 N–H and O–H groups in total. The van der Waals surface area contributed by atoms with E-state index in [0.29, 0.717) is 13.1 Å². The fourth-order valence-electron chi connectivity index (χ4n) is 2.82. The molecular weight excluding hydrogens is 292 g/mol. The molecule has 0 unspecified atom stereocenters. The molecule has 1 aromatic carbocycles. The molecule has 126 valence electrons. The van der Waals surface area contributed by atoms with Gasteiger partial charge in [0, 0.05) is 19.6 Å². The van der Waals surface area contributed by atoms with Gasteiger partial charge in [0.1, 0.15) is 6.54 Å². The lowest BCUT2D eigenvalue weighted by atomic mass is 10.3. The molecular formula is C17H26N4O2. The van der Waals surface area contributed by atoms with Crippen LogP contribution in [-0.4, -0.2) is 46.1 Å². The zero-order valence-electron chi connectivity index (χ0n) is 14.2. The highest BCUT2D eigenvalue weighted by molar-refractivity contribution is 5.80. The first-order valence-electron chi connectivity index (χ1n) is 8.29. The number of benzene rings is 1. The van der Waals surface area contributed by atoms with E-state index in [4.69, 9.17) is 0 Å². The van der Waals surface area contributed by atoms with E-state index in [9.17, 15) is 9.59 Å². The summed E-state index contributed by atoms with van der Waals surface area (Å²) in [4.78, 5) is 26.9. The van der Waals surface area contributed by atoms with E-state index in [-0.39, 0.29) is 18.1 Å². The van der Waals surface area contributed by atoms with Crippen molar-refractivity contribution in [2.75, 3.05) is 26.2 Å². The van der Waals surface area contributed by atoms with E-state index in [1.165, 1.54) is 0 Å². The Morgan fingerprint density at radius 1 is 1.09 bits per heavy atom. The number of fused-ring (bicyclic) bond motifs is 1. The van der Waals surface area contributed by atoms with Gasteiger partial charge in [0.05, 0.1) is 11.0 Å². The molecule has 0 saturated heterocycles. The van der Waals surface area contributed by atoms with Gasteiger partial charge in [0.2, 0.25) is 5.91 Å². The van der Waals surface area contributed by atoms with Crippen LogP contribution in [0, 0.1) is 0 Å². The Labute approximate surface area is 136 Å². The molecule has 1 aromatic heterocycles. The van der Waals surface area contributed by atoms with Crippen molar-refractivity contribution in [2.24, 2.45) is 0 Å². The van der Waals surface area contributed by atoms with Crippen molar-refractivity contribution in [1.82, 2.24) is 19.4 Å². The third-order valence-electron chi connectivity index (χ3n) is 4.19. The number of carbonyl (C=O) groups is 1. The Morgan fingerprint density at radius 3 is 2.26 bits per heavy atom. The Balaban J connectivity index is 2.08. The third kappa shape index (κ3) is 3.82. The number of likely N-dealkylation sites (N-methyl/N-ethyl adjacent to an activating group) is 1. The molecule has 1 amide bonds. The number of aryl methyl sites for hydroxylation is 1. The van der Waals surface area contributed by atoms with Crippen molar-refractivity contribution in [2.45, 2.75) is 33.9 Å². The van der Waals surface area contributed by atoms with Gasteiger partial charge in [-0.3, -0.25) is 13.9 Å². The molecule has 0 aliphatic rings. The van der Waals surface area contributed by atoms with Gasteiger partial charge in [0.25, 0.3) is 0 Å². The third-order valence-corrected chi connectivity index (χ3v) is 4.19. The zero-order valence-corrected chi connectivity index (χ0v) is 14.2. The van der Waals surface area contributed by atoms with Crippen molar-refractivity contribution in [3.8, 4) is 0 Å². The number of nitrogens with zero attached hydrogens (tertiary/aromatic N) is 3. The molecule has 0 spiro atoms. The van der Waals surface area contributed by atoms with Crippen molar-refractivity contribution in [3.05, 3.63) is 34.7 Å². The van der Waals surface area contributed by atoms with Gasteiger partial charge in [-0.1, -0.05) is 26.0 Å². The molecule has 0 radical (unpaired) electrons. The summed E-state index contributed by atoms with van der Waals surface area (Å²) < 4.78 is 3.24. The van der Waals surface area contributed by atoms with Crippen LogP contribution >= 0.6 is 0 Å². The lowest BCUT2D eigenvalue weighted by molar-refractivity contribution is -0.121. The summed E-state index contributed by atoms with van der Waals surface area (Å²) in [6, 6.07) is 7.58. The number of hydrogen-bond acceptors (Lipinski definition) is 3. The average molecular weight is 318 g/mol. The van der Waals surface area contributed by atoms with Crippen molar-refractivity contribution < 1.29 is 4.79 Å². The smallest absolute Gasteiger partial charge is 0.329 e. The highest BCUT2D eigenvalue weighted by atomic mass is 16.2. The molecule has 23 heavy (non-hydrogen) atoms. The standard InChI is InChI=1S/C17H26N4O2/c1-4-19(5-2)12-11-18-16(22)13-21-15-10-8-7-9-14(15)20(6-3)17(21)23/h7-10H,4-6,11-13H2,1-3H3,(H,18,22). The Morgan fingerprint density at radius 2 is 1.70 bits per heavy atom. The summed E-state index contributed by atoms with van der Waals surface area (Å²) in [6.07, 6.45) is 0. The number of carbonyl (C=O) groups excluding carboxylic acids is 1. The quantitative estimate of drug-likeness (QED) is 0.798. The maximum absolute atomic E-state index is 12.5. The summed E-state index contributed by atoms with van der Waals surface area (Å²) in [5, 5.41) is 2.90. The molecule has 1 heterocycles. The van der Waals surface area contributed by atoms with Gasteiger partial charge >= 0.3 is 5.69 Å². The monoisotopic (exact) mass is 318 g/mol. The van der Waals surface area contributed by atoms with E-state index >= 15 is 0 Å². The minimum absolute atomic E-state index is 0.0601. The Kier molecular flexibility index (Phi) is 5.98. The zero-order chi connectivity index (χ0) is 16.8. The van der Waals surface area contributed by atoms with Crippen LogP contribution < -0.4 is 11.0 Å². The second-order valence-electron chi connectivity index (χ2n) is 5.48. The van der Waals surface area contributed by atoms with Crippen LogP contribution in [-0.2, 0) is 17.9 Å². The molecule has 0 atom stereocenters. The van der Waals surface area contributed by atoms with Crippen molar-refractivity contribution in [1.29, 1.82) is 0 Å². The molecule has 0 aliphatic carbocycles. The fourth-order valence-corrected chi connectivity index (χ4v) is 2.82. The summed E-state index contributed by atoms with van der Waals surface area (Å²) in [6.45, 7) is 10.1. The van der Waals surface area contributed by atoms with Gasteiger partial charge < -0.3 is 10.2 Å². The second kappa shape index (κ2) is 7.97. The lowest BCUT2D eigenvalue weighted by Crippen LogP contribution is -2.38. The topological polar surface area (TPSA) is 59.3 Å². The maximum atomic E-state index is 12.5. The van der Waals surface area contributed by atoms with E-state index in [2.05, 4.69) is 24.1 Å². The van der Waals surface area contributed by atoms with Crippen LogP contribution in [0.15, 0.2) is 29.1 Å². The van der Waals surface area contributed by atoms with Crippen LogP contribution in [0.3, 0.4) is 0 Å². The summed E-state index contributed by atoms with van der Waals surface area (Å²) in [5.41, 5.74) is 1.54. The van der Waals surface area contributed by atoms with Crippen molar-refractivity contribution in [3.63, 3.8) is 0 Å². The maximum Gasteiger partial charge on any atom is 0.329 e. The van der Waals surface area contributed by atoms with Gasteiger partial charge in [-0.15, -0.1) is 0 Å². The molecule has 0 bridgehead atoms. The van der Waals surface area contributed by atoms with Crippen LogP contribution in [0.2, 0.25) is 0 Å². The number of nitrogens with one attached hydrogen (secondary N) is 1. The van der Waals surface area contributed by atoms with E-state index in [1.54, 1.807) is 9.13 Å². The molecule has 2 aromatic rings. The van der Waals surface area contributed by atoms with Crippen LogP contribution in [0.4, 0.5) is 0 Å². The number of hydrogen-bond donors (Lipinski definition) is 1. The Hall–Kier alpha value is -2.08. The minimum atomic E-state index is -0.132. The molecule has 0 aliphatic heterocycles. The van der Waals surface area contributed by atoms with Gasteiger partial charge in [-0.2, -0.15) is 0 Å². The first-order chi connectivity index (χ1) is 11.1. The normalized spacial score (nSPS) is 11.3. The predicted molar refractivity (Wildman–Crippen MR) is 92.7 cm³/mol. The SMILES string of the molecule is CCN(CC)CCNC(=O)Cn1c(=O)n(CC)c2ccccc21. The predicted octanol–water partition coefficient (Wildman–Crippen LogP) is 1.28. The fraction of sp³-hybridized carbons (Fsp3) is 0.529. The van der Waals surface area contributed by atoms with Crippen LogP contribution in [0.5, 0.6) is 0 Å². The Bertz CT molecular complexity index is 713. The summed E-state index contributed by atoms with van der Waals surface area (Å²) >= 11 is 0. The first kappa shape index (κ1) is 17.3. The van der Waals surface area contributed by atoms with Gasteiger partial charge in [-0.05, 0) is 32.1 Å². The number of imidazole rings is 1. The van der Waals surface area contributed by atoms with E-state index in [0.717, 1.165) is 30.7 Å². The van der Waals surface area contributed by atoms with Gasteiger partial charge in [0.15, 0.2) is 0 Å². The highest BCUT2D eigenvalue weighted by Gasteiger charge is 2.14. The first-order valence-corrected chi connectivity index (χ1v) is 8.29. The molecule has 0 saturated carbocycles. The average Bonchev–Trinajstić information content (AvgIpc) is 2.83. The van der Waals surface area contributed by atoms with Crippen LogP contribution in [0.25, 0.3) is 11.0 Å². The number of rotatable bonds is 8. The molecule has 6 nitrogen and oxygen atoms in total. The molecule has 6 heteroatoms. The summed E-state index contributed by atoms with van der Waals surface area (Å²) in [5.74, 6) is -0.127. The largest absolute Gasteiger partial charge is 0.353 e. The van der Waals surface area contributed by atoms with E-state index in [1.807, 2.05) is 31.2 Å². The van der Waals surface area contributed by atoms with E-state index < -0.39 is 0 Å². The highest BCUT2D eigenvalue weighted by Crippen LogP contribution is 2.12. The lowest BCUT2D eigenvalue weighted by Gasteiger charge is -2.17. The number of aromatic nitrogens is 2. The molecule has 0 fully saturated rings. The molecule has 2 rings (SSSR count). The van der Waals surface area contributed by atoms with Crippen LogP contribution in [0.1, 0.15) is 20.8 Å². The van der Waals surface area contributed by atoms with Crippen molar-refractivity contribution >= 4 is 16.9 Å². The summed E-state index contributed by atoms with van der Waals surface area (Å²) in [7, 11) is 0. The van der Waals surface area contributed by atoms with Gasteiger partial charge in [-0.25, -0.2) is 4.79 Å². The number of para-hydroxylation sites is 2. The minimum Gasteiger partial charge on any atom is -0.353 e. The second-order valence-corrected chi connectivity index (χ2v) is 5.48.